The van der Waals surface area contributed by atoms with Crippen LogP contribution in [0.4, 0.5) is 5.82 Å². The maximum absolute atomic E-state index is 4.60. The second-order valence-corrected chi connectivity index (χ2v) is 5.47. The Balaban J connectivity index is 1.71. The molecule has 1 unspecified atom stereocenters. The third-order valence-corrected chi connectivity index (χ3v) is 4.07. The van der Waals surface area contributed by atoms with Crippen LogP contribution in [0, 0.1) is 0 Å². The molecule has 2 heterocycles. The van der Waals surface area contributed by atoms with E-state index in [-0.39, 0.29) is 0 Å². The fourth-order valence-electron chi connectivity index (χ4n) is 1.99. The minimum absolute atomic E-state index is 0.397. The molecule has 0 bridgehead atoms. The molecule has 0 amide bonds. The minimum atomic E-state index is 0.397. The highest BCUT2D eigenvalue weighted by molar-refractivity contribution is 7.09. The van der Waals surface area contributed by atoms with E-state index in [9.17, 15) is 0 Å². The highest BCUT2D eigenvalue weighted by Crippen LogP contribution is 2.19. The van der Waals surface area contributed by atoms with Crippen molar-refractivity contribution in [2.75, 3.05) is 11.9 Å². The van der Waals surface area contributed by atoms with E-state index in [1.54, 1.807) is 11.3 Å². The Kier molecular flexibility index (Phi) is 3.42. The Morgan fingerprint density at radius 1 is 1.21 bits per heavy atom. The van der Waals surface area contributed by atoms with Crippen LogP contribution in [0.3, 0.4) is 0 Å². The largest absolute Gasteiger partial charge is 0.369 e. The summed E-state index contributed by atoms with van der Waals surface area (Å²) in [7, 11) is 0. The summed E-state index contributed by atoms with van der Waals surface area (Å²) in [5.74, 6) is 1.32. The Morgan fingerprint density at radius 2 is 2.11 bits per heavy atom. The molecular formula is C15H15N3S. The Morgan fingerprint density at radius 3 is 2.95 bits per heavy atom. The zero-order valence-electron chi connectivity index (χ0n) is 10.7. The SMILES string of the molecule is CC(CNc1ccc2ccccc2n1)c1nccs1. The van der Waals surface area contributed by atoms with Gasteiger partial charge >= 0.3 is 0 Å². The number of nitrogens with zero attached hydrogens (tertiary/aromatic N) is 2. The lowest BCUT2D eigenvalue weighted by molar-refractivity contribution is 0.792. The summed E-state index contributed by atoms with van der Waals surface area (Å²) < 4.78 is 0. The molecule has 4 heteroatoms. The van der Waals surface area contributed by atoms with Crippen LogP contribution in [-0.2, 0) is 0 Å². The monoisotopic (exact) mass is 269 g/mol. The molecule has 0 aliphatic heterocycles. The number of pyridine rings is 1. The van der Waals surface area contributed by atoms with Crippen molar-refractivity contribution in [2.24, 2.45) is 0 Å². The fourth-order valence-corrected chi connectivity index (χ4v) is 2.69. The van der Waals surface area contributed by atoms with Crippen molar-refractivity contribution >= 4 is 28.1 Å². The number of anilines is 1. The maximum atomic E-state index is 4.60. The molecule has 2 aromatic heterocycles. The summed E-state index contributed by atoms with van der Waals surface area (Å²) in [5.41, 5.74) is 1.02. The molecule has 3 aromatic rings. The molecule has 0 spiro atoms. The lowest BCUT2D eigenvalue weighted by Crippen LogP contribution is -2.10. The van der Waals surface area contributed by atoms with Gasteiger partial charge in [-0.05, 0) is 18.2 Å². The van der Waals surface area contributed by atoms with Crippen LogP contribution in [0.15, 0.2) is 48.0 Å². The quantitative estimate of drug-likeness (QED) is 0.780. The van der Waals surface area contributed by atoms with Crippen LogP contribution in [0.25, 0.3) is 10.9 Å². The number of hydrogen-bond acceptors (Lipinski definition) is 4. The molecule has 1 aromatic carbocycles. The Hall–Kier alpha value is -1.94. The number of thiazole rings is 1. The number of fused-ring (bicyclic) bond motifs is 1. The van der Waals surface area contributed by atoms with Crippen molar-refractivity contribution in [3.05, 3.63) is 53.0 Å². The second kappa shape index (κ2) is 5.36. The van der Waals surface area contributed by atoms with Gasteiger partial charge in [0.15, 0.2) is 0 Å². The normalized spacial score (nSPS) is 12.5. The van der Waals surface area contributed by atoms with Crippen molar-refractivity contribution in [2.45, 2.75) is 12.8 Å². The molecule has 0 saturated heterocycles. The van der Waals surface area contributed by atoms with Gasteiger partial charge in [0.05, 0.1) is 10.5 Å². The smallest absolute Gasteiger partial charge is 0.126 e. The van der Waals surface area contributed by atoms with Gasteiger partial charge in [0, 0.05) is 29.4 Å². The average Bonchev–Trinajstić information content (AvgIpc) is 2.99. The second-order valence-electron chi connectivity index (χ2n) is 4.54. The third kappa shape index (κ3) is 2.74. The molecule has 0 fully saturated rings. The predicted molar refractivity (Wildman–Crippen MR) is 80.8 cm³/mol. The maximum Gasteiger partial charge on any atom is 0.126 e. The number of aromatic nitrogens is 2. The lowest BCUT2D eigenvalue weighted by Gasteiger charge is -2.11. The molecular weight excluding hydrogens is 254 g/mol. The standard InChI is InChI=1S/C15H15N3S/c1-11(15-16-8-9-19-15)10-17-14-7-6-12-4-2-3-5-13(12)18-14/h2-9,11H,10H2,1H3,(H,17,18). The average molecular weight is 269 g/mol. The summed E-state index contributed by atoms with van der Waals surface area (Å²) >= 11 is 1.70. The molecule has 19 heavy (non-hydrogen) atoms. The van der Waals surface area contributed by atoms with Crippen LogP contribution >= 0.6 is 11.3 Å². The van der Waals surface area contributed by atoms with E-state index < -0.39 is 0 Å². The van der Waals surface area contributed by atoms with Gasteiger partial charge in [-0.15, -0.1) is 11.3 Å². The first kappa shape index (κ1) is 12.1. The van der Waals surface area contributed by atoms with Gasteiger partial charge in [0.1, 0.15) is 5.82 Å². The Bertz CT molecular complexity index is 664. The van der Waals surface area contributed by atoms with Crippen molar-refractivity contribution in [1.29, 1.82) is 0 Å². The summed E-state index contributed by atoms with van der Waals surface area (Å²) in [6.45, 7) is 3.02. The zero-order chi connectivity index (χ0) is 13.1. The number of rotatable bonds is 4. The number of para-hydroxylation sites is 1. The van der Waals surface area contributed by atoms with Crippen LogP contribution in [0.5, 0.6) is 0 Å². The molecule has 0 aliphatic carbocycles. The van der Waals surface area contributed by atoms with Gasteiger partial charge in [0.2, 0.25) is 0 Å². The first-order valence-corrected chi connectivity index (χ1v) is 7.20. The summed E-state index contributed by atoms with van der Waals surface area (Å²) in [4.78, 5) is 8.94. The van der Waals surface area contributed by atoms with Gasteiger partial charge in [-0.2, -0.15) is 0 Å². The van der Waals surface area contributed by atoms with Crippen molar-refractivity contribution in [1.82, 2.24) is 9.97 Å². The van der Waals surface area contributed by atoms with Crippen molar-refractivity contribution < 1.29 is 0 Å². The summed E-state index contributed by atoms with van der Waals surface area (Å²) in [5, 5.41) is 7.72. The molecule has 3 rings (SSSR count). The van der Waals surface area contributed by atoms with Crippen LogP contribution < -0.4 is 5.32 Å². The van der Waals surface area contributed by atoms with E-state index in [2.05, 4.69) is 34.3 Å². The first-order valence-electron chi connectivity index (χ1n) is 6.32. The number of hydrogen-bond donors (Lipinski definition) is 1. The molecule has 0 saturated carbocycles. The summed E-state index contributed by atoms with van der Waals surface area (Å²) in [6, 6.07) is 12.3. The topological polar surface area (TPSA) is 37.8 Å². The van der Waals surface area contributed by atoms with Crippen LogP contribution in [0.1, 0.15) is 17.8 Å². The molecule has 0 aliphatic rings. The van der Waals surface area contributed by atoms with Crippen LogP contribution in [0.2, 0.25) is 0 Å². The van der Waals surface area contributed by atoms with Gasteiger partial charge in [-0.1, -0.05) is 25.1 Å². The first-order chi connectivity index (χ1) is 9.33. The highest BCUT2D eigenvalue weighted by atomic mass is 32.1. The van der Waals surface area contributed by atoms with Crippen molar-refractivity contribution in [3.8, 4) is 0 Å². The van der Waals surface area contributed by atoms with E-state index >= 15 is 0 Å². The molecule has 1 atom stereocenters. The van der Waals surface area contributed by atoms with Gasteiger partial charge < -0.3 is 5.32 Å². The molecule has 96 valence electrons. The van der Waals surface area contributed by atoms with Crippen molar-refractivity contribution in [3.63, 3.8) is 0 Å². The van der Waals surface area contributed by atoms with Gasteiger partial charge in [-0.25, -0.2) is 9.97 Å². The van der Waals surface area contributed by atoms with Gasteiger partial charge in [-0.3, -0.25) is 0 Å². The highest BCUT2D eigenvalue weighted by Gasteiger charge is 2.08. The molecule has 1 N–H and O–H groups in total. The Labute approximate surface area is 116 Å². The number of benzene rings is 1. The number of nitrogens with one attached hydrogen (secondary N) is 1. The van der Waals surface area contributed by atoms with Crippen LogP contribution in [-0.4, -0.2) is 16.5 Å². The van der Waals surface area contributed by atoms with Gasteiger partial charge in [0.25, 0.3) is 0 Å². The van der Waals surface area contributed by atoms with E-state index in [4.69, 9.17) is 0 Å². The zero-order valence-corrected chi connectivity index (χ0v) is 11.5. The minimum Gasteiger partial charge on any atom is -0.369 e. The third-order valence-electron chi connectivity index (χ3n) is 3.06. The molecule has 3 nitrogen and oxygen atoms in total. The van der Waals surface area contributed by atoms with E-state index in [0.29, 0.717) is 5.92 Å². The summed E-state index contributed by atoms with van der Waals surface area (Å²) in [6.07, 6.45) is 1.85. The fraction of sp³-hybridized carbons (Fsp3) is 0.200. The predicted octanol–water partition coefficient (Wildman–Crippen LogP) is 3.91. The van der Waals surface area contributed by atoms with E-state index in [1.165, 1.54) is 5.39 Å². The van der Waals surface area contributed by atoms with E-state index in [1.807, 2.05) is 35.8 Å². The molecule has 0 radical (unpaired) electrons. The van der Waals surface area contributed by atoms with E-state index in [0.717, 1.165) is 22.9 Å². The lowest BCUT2D eigenvalue weighted by atomic mass is 10.2.